The van der Waals surface area contributed by atoms with Crippen LogP contribution >= 0.6 is 15.9 Å². The topological polar surface area (TPSA) is 29.5 Å². The van der Waals surface area contributed by atoms with E-state index in [4.69, 9.17) is 4.74 Å². The number of methoxy groups -OCH3 is 1. The Bertz CT molecular complexity index is 508. The van der Waals surface area contributed by atoms with E-state index in [1.54, 1.807) is 7.11 Å². The van der Waals surface area contributed by atoms with Crippen molar-refractivity contribution in [2.24, 2.45) is 0 Å². The van der Waals surface area contributed by atoms with Gasteiger partial charge in [-0.3, -0.25) is 0 Å². The molecule has 0 bridgehead atoms. The van der Waals surface area contributed by atoms with Crippen LogP contribution in [0.15, 0.2) is 53.0 Å². The lowest BCUT2D eigenvalue weighted by molar-refractivity contribution is 0.178. The van der Waals surface area contributed by atoms with Crippen LogP contribution in [-0.2, 0) is 6.42 Å². The molecule has 0 spiro atoms. The molecule has 2 rings (SSSR count). The normalized spacial score (nSPS) is 12.2. The van der Waals surface area contributed by atoms with Crippen molar-refractivity contribution in [3.8, 4) is 5.75 Å². The van der Waals surface area contributed by atoms with Crippen LogP contribution in [0.25, 0.3) is 0 Å². The Balaban J connectivity index is 2.09. The average Bonchev–Trinajstić information content (AvgIpc) is 2.39. The van der Waals surface area contributed by atoms with Gasteiger partial charge < -0.3 is 9.84 Å². The van der Waals surface area contributed by atoms with Gasteiger partial charge in [-0.25, -0.2) is 0 Å². The summed E-state index contributed by atoms with van der Waals surface area (Å²) < 4.78 is 6.12. The molecule has 1 unspecified atom stereocenters. The van der Waals surface area contributed by atoms with Gasteiger partial charge in [0.1, 0.15) is 5.75 Å². The molecule has 2 aromatic rings. The van der Waals surface area contributed by atoms with Gasteiger partial charge >= 0.3 is 0 Å². The molecule has 0 saturated heterocycles. The summed E-state index contributed by atoms with van der Waals surface area (Å²) in [5.41, 5.74) is 2.00. The zero-order valence-corrected chi connectivity index (χ0v) is 11.7. The van der Waals surface area contributed by atoms with E-state index in [0.29, 0.717) is 6.42 Å². The summed E-state index contributed by atoms with van der Waals surface area (Å²) in [5, 5.41) is 10.2. The van der Waals surface area contributed by atoms with Crippen molar-refractivity contribution in [3.05, 3.63) is 64.1 Å². The van der Waals surface area contributed by atoms with Gasteiger partial charge in [-0.1, -0.05) is 40.2 Å². The number of aliphatic hydroxyl groups excluding tert-OH is 1. The number of halogens is 1. The highest BCUT2D eigenvalue weighted by atomic mass is 79.9. The van der Waals surface area contributed by atoms with Crippen LogP contribution in [0.1, 0.15) is 17.2 Å². The van der Waals surface area contributed by atoms with E-state index >= 15 is 0 Å². The summed E-state index contributed by atoms with van der Waals surface area (Å²) in [6.07, 6.45) is 0.108. The van der Waals surface area contributed by atoms with Gasteiger partial charge in [0.15, 0.2) is 0 Å². The number of benzene rings is 2. The Kier molecular flexibility index (Phi) is 4.39. The Morgan fingerprint density at radius 3 is 2.50 bits per heavy atom. The average molecular weight is 307 g/mol. The molecule has 0 radical (unpaired) electrons. The highest BCUT2D eigenvalue weighted by molar-refractivity contribution is 9.10. The van der Waals surface area contributed by atoms with Crippen LogP contribution in [0.4, 0.5) is 0 Å². The van der Waals surface area contributed by atoms with E-state index in [-0.39, 0.29) is 0 Å². The molecule has 18 heavy (non-hydrogen) atoms. The smallest absolute Gasteiger partial charge is 0.118 e. The third-order valence-corrected chi connectivity index (χ3v) is 3.31. The summed E-state index contributed by atoms with van der Waals surface area (Å²) in [5.74, 6) is 0.799. The number of rotatable bonds is 4. The summed E-state index contributed by atoms with van der Waals surface area (Å²) in [6.45, 7) is 0. The quantitative estimate of drug-likeness (QED) is 0.932. The van der Waals surface area contributed by atoms with Gasteiger partial charge in [-0.15, -0.1) is 0 Å². The first-order chi connectivity index (χ1) is 8.69. The molecule has 0 fully saturated rings. The van der Waals surface area contributed by atoms with Gasteiger partial charge in [0.25, 0.3) is 0 Å². The second-order valence-electron chi connectivity index (χ2n) is 4.12. The van der Waals surface area contributed by atoms with Crippen molar-refractivity contribution in [1.82, 2.24) is 0 Å². The molecule has 0 aliphatic carbocycles. The summed E-state index contributed by atoms with van der Waals surface area (Å²) in [6, 6.07) is 15.5. The molecule has 0 aliphatic heterocycles. The maximum atomic E-state index is 10.2. The molecule has 0 aromatic heterocycles. The third kappa shape index (κ3) is 3.34. The Morgan fingerprint density at radius 1 is 1.17 bits per heavy atom. The van der Waals surface area contributed by atoms with E-state index in [1.165, 1.54) is 0 Å². The lowest BCUT2D eigenvalue weighted by Gasteiger charge is -2.12. The summed E-state index contributed by atoms with van der Waals surface area (Å²) in [4.78, 5) is 0. The Hall–Kier alpha value is -1.32. The van der Waals surface area contributed by atoms with Gasteiger partial charge in [0, 0.05) is 10.9 Å². The van der Waals surface area contributed by atoms with Crippen LogP contribution in [0.2, 0.25) is 0 Å². The molecule has 3 heteroatoms. The van der Waals surface area contributed by atoms with Crippen LogP contribution in [0, 0.1) is 0 Å². The SMILES string of the molecule is COc1ccc(C(O)Cc2cccc(Br)c2)cc1. The molecule has 2 nitrogen and oxygen atoms in total. The van der Waals surface area contributed by atoms with Crippen LogP contribution in [0.3, 0.4) is 0 Å². The fraction of sp³-hybridized carbons (Fsp3) is 0.200. The largest absolute Gasteiger partial charge is 0.497 e. The third-order valence-electron chi connectivity index (χ3n) is 2.82. The molecule has 0 saturated carbocycles. The minimum Gasteiger partial charge on any atom is -0.497 e. The molecular formula is C15H15BrO2. The second kappa shape index (κ2) is 6.03. The van der Waals surface area contributed by atoms with Crippen molar-refractivity contribution < 1.29 is 9.84 Å². The van der Waals surface area contributed by atoms with E-state index in [2.05, 4.69) is 15.9 Å². The van der Waals surface area contributed by atoms with E-state index in [1.807, 2.05) is 48.5 Å². The highest BCUT2D eigenvalue weighted by Gasteiger charge is 2.08. The van der Waals surface area contributed by atoms with Gasteiger partial charge in [0.2, 0.25) is 0 Å². The van der Waals surface area contributed by atoms with Crippen LogP contribution in [-0.4, -0.2) is 12.2 Å². The predicted octanol–water partition coefficient (Wildman–Crippen LogP) is 3.73. The molecule has 0 aliphatic rings. The molecule has 94 valence electrons. The van der Waals surface area contributed by atoms with Crippen LogP contribution < -0.4 is 4.74 Å². The molecule has 0 heterocycles. The lowest BCUT2D eigenvalue weighted by Crippen LogP contribution is -2.01. The molecule has 1 atom stereocenters. The van der Waals surface area contributed by atoms with E-state index < -0.39 is 6.10 Å². The monoisotopic (exact) mass is 306 g/mol. The fourth-order valence-corrected chi connectivity index (χ4v) is 2.28. The van der Waals surface area contributed by atoms with Crippen molar-refractivity contribution in [1.29, 1.82) is 0 Å². The Labute approximate surface area is 115 Å². The highest BCUT2D eigenvalue weighted by Crippen LogP contribution is 2.22. The number of ether oxygens (including phenoxy) is 1. The van der Waals surface area contributed by atoms with Crippen molar-refractivity contribution in [2.45, 2.75) is 12.5 Å². The van der Waals surface area contributed by atoms with Gasteiger partial charge in [-0.05, 0) is 35.4 Å². The predicted molar refractivity (Wildman–Crippen MR) is 75.8 cm³/mol. The van der Waals surface area contributed by atoms with Gasteiger partial charge in [-0.2, -0.15) is 0 Å². The zero-order chi connectivity index (χ0) is 13.0. The molecule has 0 amide bonds. The minimum absolute atomic E-state index is 0.495. The van der Waals surface area contributed by atoms with E-state index in [9.17, 15) is 5.11 Å². The lowest BCUT2D eigenvalue weighted by atomic mass is 10.0. The standard InChI is InChI=1S/C15H15BrO2/c1-18-14-7-5-12(6-8-14)15(17)10-11-3-2-4-13(16)9-11/h2-9,15,17H,10H2,1H3. The first-order valence-corrected chi connectivity index (χ1v) is 6.55. The minimum atomic E-state index is -0.495. The Morgan fingerprint density at radius 2 is 1.89 bits per heavy atom. The number of hydrogen-bond donors (Lipinski definition) is 1. The van der Waals surface area contributed by atoms with Crippen molar-refractivity contribution in [3.63, 3.8) is 0 Å². The zero-order valence-electron chi connectivity index (χ0n) is 10.1. The molecular weight excluding hydrogens is 292 g/mol. The molecule has 1 N–H and O–H groups in total. The molecule has 2 aromatic carbocycles. The summed E-state index contributed by atoms with van der Waals surface area (Å²) in [7, 11) is 1.63. The van der Waals surface area contributed by atoms with Crippen molar-refractivity contribution >= 4 is 15.9 Å². The first kappa shape index (κ1) is 13.1. The maximum absolute atomic E-state index is 10.2. The maximum Gasteiger partial charge on any atom is 0.118 e. The number of aliphatic hydroxyl groups is 1. The fourth-order valence-electron chi connectivity index (χ4n) is 1.83. The van der Waals surface area contributed by atoms with E-state index in [0.717, 1.165) is 21.3 Å². The van der Waals surface area contributed by atoms with Crippen LogP contribution in [0.5, 0.6) is 5.75 Å². The second-order valence-corrected chi connectivity index (χ2v) is 5.04. The van der Waals surface area contributed by atoms with Crippen molar-refractivity contribution in [2.75, 3.05) is 7.11 Å². The number of hydrogen-bond acceptors (Lipinski definition) is 2. The first-order valence-electron chi connectivity index (χ1n) is 5.75. The van der Waals surface area contributed by atoms with Gasteiger partial charge in [0.05, 0.1) is 13.2 Å². The summed E-state index contributed by atoms with van der Waals surface area (Å²) >= 11 is 3.43.